The Labute approximate surface area is 153 Å². The van der Waals surface area contributed by atoms with E-state index in [4.69, 9.17) is 16.3 Å². The van der Waals surface area contributed by atoms with Crippen LogP contribution in [-0.2, 0) is 10.0 Å². The molecule has 2 rings (SSSR count). The molecule has 2 aromatic rings. The average molecular weight is 431 g/mol. The van der Waals surface area contributed by atoms with Crippen molar-refractivity contribution in [2.45, 2.75) is 0 Å². The number of hydrogen-bond donors (Lipinski definition) is 1. The van der Waals surface area contributed by atoms with Gasteiger partial charge in [0.05, 0.1) is 23.1 Å². The van der Waals surface area contributed by atoms with Crippen LogP contribution in [0.1, 0.15) is 15.9 Å². The molecule has 8 heteroatoms. The van der Waals surface area contributed by atoms with Crippen molar-refractivity contribution >= 4 is 49.5 Å². The maximum Gasteiger partial charge on any atom is 0.266 e. The first-order valence-corrected chi connectivity index (χ1v) is 9.37. The van der Waals surface area contributed by atoms with E-state index in [-0.39, 0.29) is 10.6 Å². The highest BCUT2D eigenvalue weighted by Crippen LogP contribution is 2.21. The monoisotopic (exact) mass is 429 g/mol. The molecule has 0 heterocycles. The maximum atomic E-state index is 12.1. The van der Waals surface area contributed by atoms with Crippen LogP contribution in [-0.4, -0.2) is 21.4 Å². The lowest BCUT2D eigenvalue weighted by atomic mass is 10.2. The zero-order valence-electron chi connectivity index (χ0n) is 12.5. The van der Waals surface area contributed by atoms with E-state index in [1.54, 1.807) is 30.3 Å². The average Bonchev–Trinajstić information content (AvgIpc) is 2.52. The molecule has 5 nitrogen and oxygen atoms in total. The highest BCUT2D eigenvalue weighted by Gasteiger charge is 2.16. The number of rotatable bonds is 5. The molecule has 0 aromatic heterocycles. The van der Waals surface area contributed by atoms with Gasteiger partial charge in [0.2, 0.25) is 0 Å². The van der Waals surface area contributed by atoms with Crippen LogP contribution in [0.4, 0.5) is 0 Å². The molecule has 1 amide bonds. The van der Waals surface area contributed by atoms with E-state index in [9.17, 15) is 13.2 Å². The predicted molar refractivity (Wildman–Crippen MR) is 97.6 cm³/mol. The Morgan fingerprint density at radius 3 is 2.67 bits per heavy atom. The molecule has 0 aliphatic carbocycles. The van der Waals surface area contributed by atoms with Gasteiger partial charge in [-0.3, -0.25) is 4.79 Å². The first kappa shape index (κ1) is 18.5. The topological polar surface area (TPSA) is 72.5 Å². The second-order valence-corrected chi connectivity index (χ2v) is 7.57. The van der Waals surface area contributed by atoms with Crippen molar-refractivity contribution in [3.63, 3.8) is 0 Å². The minimum absolute atomic E-state index is 0.0678. The summed E-state index contributed by atoms with van der Waals surface area (Å²) in [5, 5.41) is 1.06. The molecule has 1 N–H and O–H groups in total. The van der Waals surface area contributed by atoms with Gasteiger partial charge in [-0.25, -0.2) is 13.1 Å². The number of methoxy groups -OCH3 is 1. The van der Waals surface area contributed by atoms with Gasteiger partial charge in [-0.2, -0.15) is 0 Å². The lowest BCUT2D eigenvalue weighted by molar-refractivity contribution is 0.0982. The number of benzene rings is 2. The van der Waals surface area contributed by atoms with Gasteiger partial charge in [0.25, 0.3) is 15.9 Å². The number of halogens is 2. The smallest absolute Gasteiger partial charge is 0.266 e. The molecule has 0 bridgehead atoms. The van der Waals surface area contributed by atoms with Crippen LogP contribution in [0.25, 0.3) is 6.08 Å². The van der Waals surface area contributed by atoms with Gasteiger partial charge < -0.3 is 4.74 Å². The second kappa shape index (κ2) is 7.83. The van der Waals surface area contributed by atoms with Crippen molar-refractivity contribution in [3.05, 3.63) is 68.5 Å². The van der Waals surface area contributed by atoms with Crippen molar-refractivity contribution in [3.8, 4) is 5.75 Å². The Balaban J connectivity index is 2.15. The third-order valence-electron chi connectivity index (χ3n) is 2.94. The summed E-state index contributed by atoms with van der Waals surface area (Å²) < 4.78 is 31.7. The Bertz CT molecular complexity index is 897. The largest absolute Gasteiger partial charge is 0.497 e. The summed E-state index contributed by atoms with van der Waals surface area (Å²) in [6.07, 6.45) is 1.36. The molecule has 0 saturated carbocycles. The zero-order valence-corrected chi connectivity index (χ0v) is 15.7. The molecule has 2 aromatic carbocycles. The first-order chi connectivity index (χ1) is 11.3. The Hall–Kier alpha value is -1.83. The summed E-state index contributed by atoms with van der Waals surface area (Å²) in [6.45, 7) is 0. The third-order valence-corrected chi connectivity index (χ3v) is 4.71. The summed E-state index contributed by atoms with van der Waals surface area (Å²) in [4.78, 5) is 12.1. The summed E-state index contributed by atoms with van der Waals surface area (Å²) in [7, 11) is -2.45. The number of sulfonamides is 1. The van der Waals surface area contributed by atoms with Crippen LogP contribution in [0.2, 0.25) is 5.02 Å². The molecule has 0 atom stereocenters. The molecular weight excluding hydrogens is 418 g/mol. The minimum atomic E-state index is -3.96. The predicted octanol–water partition coefficient (Wildman–Crippen LogP) is 3.84. The molecule has 0 unspecified atom stereocenters. The number of amides is 1. The Morgan fingerprint density at radius 1 is 1.25 bits per heavy atom. The second-order valence-electron chi connectivity index (χ2n) is 4.68. The summed E-state index contributed by atoms with van der Waals surface area (Å²) in [5.41, 5.74) is 0.687. The van der Waals surface area contributed by atoms with Gasteiger partial charge >= 0.3 is 0 Å². The zero-order chi connectivity index (χ0) is 17.7. The van der Waals surface area contributed by atoms with Gasteiger partial charge in [0, 0.05) is 4.47 Å². The summed E-state index contributed by atoms with van der Waals surface area (Å²) in [6, 6.07) is 11.4. The van der Waals surface area contributed by atoms with Gasteiger partial charge in [-0.1, -0.05) is 39.7 Å². The van der Waals surface area contributed by atoms with Crippen LogP contribution >= 0.6 is 27.5 Å². The quantitative estimate of drug-likeness (QED) is 0.782. The van der Waals surface area contributed by atoms with E-state index < -0.39 is 15.9 Å². The van der Waals surface area contributed by atoms with E-state index in [1.165, 1.54) is 25.3 Å². The molecule has 0 spiro atoms. The van der Waals surface area contributed by atoms with E-state index in [1.807, 2.05) is 4.72 Å². The normalized spacial score (nSPS) is 11.5. The van der Waals surface area contributed by atoms with Crippen LogP contribution in [0.3, 0.4) is 0 Å². The Kier molecular flexibility index (Phi) is 6.04. The van der Waals surface area contributed by atoms with Crippen LogP contribution < -0.4 is 9.46 Å². The highest BCUT2D eigenvalue weighted by molar-refractivity contribution is 9.10. The standard InChI is InChI=1S/C16H13BrClNO4S/c1-23-13-4-2-3-11(9-13)7-8-24(21,22)19-16(20)14-6-5-12(17)10-15(14)18/h2-10H,1H3,(H,19,20)/b8-7+. The van der Waals surface area contributed by atoms with Crippen LogP contribution in [0.5, 0.6) is 5.75 Å². The number of carbonyl (C=O) groups is 1. The molecule has 0 saturated heterocycles. The van der Waals surface area contributed by atoms with Crippen molar-refractivity contribution in [2.75, 3.05) is 7.11 Å². The third kappa shape index (κ3) is 5.09. The molecule has 0 fully saturated rings. The lowest BCUT2D eigenvalue weighted by Gasteiger charge is -2.06. The number of ether oxygens (including phenoxy) is 1. The fourth-order valence-corrected chi connectivity index (χ4v) is 3.34. The maximum absolute atomic E-state index is 12.1. The van der Waals surface area contributed by atoms with Crippen molar-refractivity contribution in [2.24, 2.45) is 0 Å². The molecule has 24 heavy (non-hydrogen) atoms. The minimum Gasteiger partial charge on any atom is -0.497 e. The van der Waals surface area contributed by atoms with Crippen molar-refractivity contribution < 1.29 is 17.9 Å². The van der Waals surface area contributed by atoms with Crippen molar-refractivity contribution in [1.29, 1.82) is 0 Å². The first-order valence-electron chi connectivity index (χ1n) is 6.65. The molecule has 0 aliphatic rings. The van der Waals surface area contributed by atoms with Gasteiger partial charge in [0.1, 0.15) is 5.75 Å². The highest BCUT2D eigenvalue weighted by atomic mass is 79.9. The van der Waals surface area contributed by atoms with Crippen LogP contribution in [0, 0.1) is 0 Å². The van der Waals surface area contributed by atoms with Gasteiger partial charge in [0.15, 0.2) is 0 Å². The van der Waals surface area contributed by atoms with Crippen LogP contribution in [0.15, 0.2) is 52.3 Å². The fourth-order valence-electron chi connectivity index (χ4n) is 1.81. The van der Waals surface area contributed by atoms with E-state index >= 15 is 0 Å². The summed E-state index contributed by atoms with van der Waals surface area (Å²) in [5.74, 6) is -0.206. The van der Waals surface area contributed by atoms with E-state index in [0.29, 0.717) is 15.8 Å². The number of hydrogen-bond acceptors (Lipinski definition) is 4. The Morgan fingerprint density at radius 2 is 2.00 bits per heavy atom. The van der Waals surface area contributed by atoms with E-state index in [0.717, 1.165) is 5.41 Å². The summed E-state index contributed by atoms with van der Waals surface area (Å²) >= 11 is 9.16. The molecule has 126 valence electrons. The number of carbonyl (C=O) groups excluding carboxylic acids is 1. The molecule has 0 radical (unpaired) electrons. The van der Waals surface area contributed by atoms with Crippen molar-refractivity contribution in [1.82, 2.24) is 4.72 Å². The molecular formula is C16H13BrClNO4S. The fraction of sp³-hybridized carbons (Fsp3) is 0.0625. The van der Waals surface area contributed by atoms with Gasteiger partial charge in [-0.05, 0) is 42.0 Å². The number of nitrogens with one attached hydrogen (secondary N) is 1. The molecule has 0 aliphatic heterocycles. The van der Waals surface area contributed by atoms with Gasteiger partial charge in [-0.15, -0.1) is 0 Å². The SMILES string of the molecule is COc1cccc(/C=C/S(=O)(=O)NC(=O)c2ccc(Br)cc2Cl)c1. The lowest BCUT2D eigenvalue weighted by Crippen LogP contribution is -2.29. The van der Waals surface area contributed by atoms with E-state index in [2.05, 4.69) is 15.9 Å².